The lowest BCUT2D eigenvalue weighted by atomic mass is 9.74. The first-order valence-electron chi connectivity index (χ1n) is 9.79. The third-order valence-corrected chi connectivity index (χ3v) is 6.03. The van der Waals surface area contributed by atoms with Crippen molar-refractivity contribution < 1.29 is 4.79 Å². The van der Waals surface area contributed by atoms with Gasteiger partial charge in [0.15, 0.2) is 0 Å². The first kappa shape index (κ1) is 16.6. The van der Waals surface area contributed by atoms with Crippen LogP contribution in [0.5, 0.6) is 0 Å². The van der Waals surface area contributed by atoms with Crippen molar-refractivity contribution in [1.82, 2.24) is 15.5 Å². The lowest BCUT2D eigenvalue weighted by Gasteiger charge is -2.54. The number of carbonyl (C=O) groups is 1. The van der Waals surface area contributed by atoms with Crippen LogP contribution in [0.3, 0.4) is 0 Å². The third-order valence-electron chi connectivity index (χ3n) is 6.03. The molecule has 1 aliphatic carbocycles. The molecule has 4 fully saturated rings. The van der Waals surface area contributed by atoms with Gasteiger partial charge in [-0.05, 0) is 30.9 Å². The molecular formula is C21H29N3O. The summed E-state index contributed by atoms with van der Waals surface area (Å²) in [6.07, 6.45) is 10.3. The maximum atomic E-state index is 12.6. The van der Waals surface area contributed by atoms with E-state index in [0.717, 1.165) is 25.9 Å². The van der Waals surface area contributed by atoms with Crippen LogP contribution in [0.1, 0.15) is 56.1 Å². The third kappa shape index (κ3) is 3.45. The van der Waals surface area contributed by atoms with E-state index < -0.39 is 0 Å². The first-order valence-corrected chi connectivity index (χ1v) is 9.79. The second-order valence-electron chi connectivity index (χ2n) is 7.76. The molecule has 0 aromatic heterocycles. The van der Waals surface area contributed by atoms with Crippen LogP contribution in [-0.4, -0.2) is 42.1 Å². The van der Waals surface area contributed by atoms with E-state index in [4.69, 9.17) is 0 Å². The molecule has 4 nitrogen and oxygen atoms in total. The van der Waals surface area contributed by atoms with Gasteiger partial charge in [-0.1, -0.05) is 55.7 Å². The molecule has 3 heterocycles. The van der Waals surface area contributed by atoms with Crippen molar-refractivity contribution in [2.45, 2.75) is 63.1 Å². The van der Waals surface area contributed by atoms with Gasteiger partial charge in [0.2, 0.25) is 0 Å². The van der Waals surface area contributed by atoms with Crippen LogP contribution in [0, 0.1) is 0 Å². The van der Waals surface area contributed by atoms with Crippen LogP contribution >= 0.6 is 0 Å². The number of nitrogens with one attached hydrogen (secondary N) is 2. The average Bonchev–Trinajstić information content (AvgIpc) is 2.64. The monoisotopic (exact) mass is 339 g/mol. The molecule has 25 heavy (non-hydrogen) atoms. The Bertz CT molecular complexity index is 621. The molecular weight excluding hydrogens is 310 g/mol. The van der Waals surface area contributed by atoms with Gasteiger partial charge in [0, 0.05) is 37.1 Å². The lowest BCUT2D eigenvalue weighted by molar-refractivity contribution is 0.0694. The minimum Gasteiger partial charge on any atom is -0.335 e. The van der Waals surface area contributed by atoms with E-state index in [2.05, 4.69) is 47.1 Å². The van der Waals surface area contributed by atoms with Crippen LogP contribution in [0.2, 0.25) is 0 Å². The summed E-state index contributed by atoms with van der Waals surface area (Å²) >= 11 is 0. The highest BCUT2D eigenvalue weighted by molar-refractivity contribution is 5.75. The zero-order chi connectivity index (χ0) is 17.2. The Morgan fingerprint density at radius 2 is 1.80 bits per heavy atom. The average molecular weight is 339 g/mol. The van der Waals surface area contributed by atoms with E-state index >= 15 is 0 Å². The smallest absolute Gasteiger partial charge is 0.317 e. The number of hydrogen-bond donors (Lipinski definition) is 2. The highest BCUT2D eigenvalue weighted by Gasteiger charge is 2.48. The largest absolute Gasteiger partial charge is 0.335 e. The molecule has 2 amide bonds. The number of piperazine rings is 1. The van der Waals surface area contributed by atoms with Gasteiger partial charge in [0.1, 0.15) is 0 Å². The Morgan fingerprint density at radius 1 is 1.12 bits per heavy atom. The van der Waals surface area contributed by atoms with Gasteiger partial charge in [-0.15, -0.1) is 0 Å². The molecule has 134 valence electrons. The summed E-state index contributed by atoms with van der Waals surface area (Å²) in [6, 6.07) is 10.2. The first-order chi connectivity index (χ1) is 12.2. The molecule has 1 saturated carbocycles. The van der Waals surface area contributed by atoms with Crippen LogP contribution < -0.4 is 10.6 Å². The molecule has 4 heteroatoms. The molecule has 0 radical (unpaired) electrons. The number of allylic oxidation sites excluding steroid dienone is 1. The topological polar surface area (TPSA) is 44.4 Å². The van der Waals surface area contributed by atoms with E-state index in [1.54, 1.807) is 0 Å². The fourth-order valence-electron chi connectivity index (χ4n) is 4.69. The van der Waals surface area contributed by atoms with E-state index in [1.807, 2.05) is 11.8 Å². The van der Waals surface area contributed by atoms with Crippen molar-refractivity contribution in [3.63, 3.8) is 0 Å². The second-order valence-corrected chi connectivity index (χ2v) is 7.76. The van der Waals surface area contributed by atoms with Gasteiger partial charge in [0.05, 0.1) is 0 Å². The molecule has 4 aliphatic rings. The number of benzene rings is 1. The summed E-state index contributed by atoms with van der Waals surface area (Å²) in [5.74, 6) is 0.540. The number of piperidine rings is 1. The minimum atomic E-state index is 0.144. The van der Waals surface area contributed by atoms with Crippen molar-refractivity contribution in [3.8, 4) is 0 Å². The lowest BCUT2D eigenvalue weighted by Crippen LogP contribution is -2.73. The van der Waals surface area contributed by atoms with Gasteiger partial charge >= 0.3 is 6.03 Å². The molecule has 0 spiro atoms. The van der Waals surface area contributed by atoms with Crippen LogP contribution in [0.25, 0.3) is 6.08 Å². The minimum absolute atomic E-state index is 0.144. The molecule has 1 aromatic carbocycles. The van der Waals surface area contributed by atoms with E-state index in [-0.39, 0.29) is 6.03 Å². The number of urea groups is 1. The molecule has 1 aromatic rings. The van der Waals surface area contributed by atoms with Gasteiger partial charge in [0.25, 0.3) is 0 Å². The fraction of sp³-hybridized carbons (Fsp3) is 0.571. The van der Waals surface area contributed by atoms with Crippen molar-refractivity contribution in [2.75, 3.05) is 13.1 Å². The van der Waals surface area contributed by atoms with Crippen molar-refractivity contribution in [1.29, 1.82) is 0 Å². The van der Waals surface area contributed by atoms with Crippen molar-refractivity contribution in [2.24, 2.45) is 0 Å². The highest BCUT2D eigenvalue weighted by atomic mass is 16.2. The number of hydrogen-bond acceptors (Lipinski definition) is 2. The zero-order valence-electron chi connectivity index (χ0n) is 15.1. The zero-order valence-corrected chi connectivity index (χ0v) is 15.1. The fourth-order valence-corrected chi connectivity index (χ4v) is 4.69. The Hall–Kier alpha value is -1.81. The number of amides is 2. The van der Waals surface area contributed by atoms with E-state index in [0.29, 0.717) is 24.0 Å². The molecule has 2 N–H and O–H groups in total. The van der Waals surface area contributed by atoms with Gasteiger partial charge < -0.3 is 15.5 Å². The maximum Gasteiger partial charge on any atom is 0.317 e. The summed E-state index contributed by atoms with van der Waals surface area (Å²) in [5, 5.41) is 6.88. The molecule has 2 bridgehead atoms. The van der Waals surface area contributed by atoms with Crippen LogP contribution in [-0.2, 0) is 0 Å². The predicted octanol–water partition coefficient (Wildman–Crippen LogP) is 3.50. The number of rotatable bonds is 3. The summed E-state index contributed by atoms with van der Waals surface area (Å²) in [7, 11) is 0. The highest BCUT2D eigenvalue weighted by Crippen LogP contribution is 2.37. The normalized spacial score (nSPS) is 29.5. The van der Waals surface area contributed by atoms with Crippen LogP contribution in [0.4, 0.5) is 4.79 Å². The van der Waals surface area contributed by atoms with E-state index in [1.165, 1.54) is 30.4 Å². The van der Waals surface area contributed by atoms with E-state index in [9.17, 15) is 4.79 Å². The SMILES string of the molecule is C/C=C/c1ccc(C2[C@@H]3CN(C(=O)NC4CCCCC4)C[C@H]2N3)cc1. The summed E-state index contributed by atoms with van der Waals surface area (Å²) in [5.41, 5.74) is 2.64. The number of nitrogens with zero attached hydrogens (tertiary/aromatic N) is 1. The Kier molecular flexibility index (Phi) is 4.80. The Morgan fingerprint density at radius 3 is 2.44 bits per heavy atom. The van der Waals surface area contributed by atoms with Gasteiger partial charge in [-0.2, -0.15) is 0 Å². The summed E-state index contributed by atoms with van der Waals surface area (Å²) in [4.78, 5) is 14.6. The van der Waals surface area contributed by atoms with Crippen molar-refractivity contribution >= 4 is 12.1 Å². The second kappa shape index (κ2) is 7.20. The predicted molar refractivity (Wildman–Crippen MR) is 102 cm³/mol. The standard InChI is InChI=1S/C21H29N3O/c1-2-6-15-9-11-16(12-10-15)20-18-13-24(14-19(20)23-18)21(25)22-17-7-4-3-5-8-17/h2,6,9-12,17-20,23H,3-5,7-8,13-14H2,1H3,(H,22,25)/b6-2+/t18-,19+,20?. The number of fused-ring (bicyclic) bond motifs is 2. The quantitative estimate of drug-likeness (QED) is 0.885. The molecule has 1 unspecified atom stereocenters. The molecule has 3 aliphatic heterocycles. The van der Waals surface area contributed by atoms with Gasteiger partial charge in [-0.25, -0.2) is 4.79 Å². The Labute approximate surface area is 150 Å². The molecule has 5 rings (SSSR count). The Balaban J connectivity index is 1.34. The number of carbonyl (C=O) groups excluding carboxylic acids is 1. The van der Waals surface area contributed by atoms with Gasteiger partial charge in [-0.3, -0.25) is 0 Å². The summed E-state index contributed by atoms with van der Waals surface area (Å²) < 4.78 is 0. The summed E-state index contributed by atoms with van der Waals surface area (Å²) in [6.45, 7) is 3.67. The van der Waals surface area contributed by atoms with Crippen molar-refractivity contribution in [3.05, 3.63) is 41.5 Å². The maximum absolute atomic E-state index is 12.6. The van der Waals surface area contributed by atoms with Crippen LogP contribution in [0.15, 0.2) is 30.3 Å². The molecule has 3 saturated heterocycles. The molecule has 3 atom stereocenters.